The van der Waals surface area contributed by atoms with Crippen LogP contribution in [0.5, 0.6) is 0 Å². The van der Waals surface area contributed by atoms with Crippen molar-refractivity contribution < 1.29 is 14.5 Å². The summed E-state index contributed by atoms with van der Waals surface area (Å²) in [6.45, 7) is 2.84. The molecule has 0 saturated carbocycles. The number of amides is 2. The van der Waals surface area contributed by atoms with Gasteiger partial charge in [0.05, 0.1) is 9.80 Å². The van der Waals surface area contributed by atoms with Crippen molar-refractivity contribution in [2.75, 3.05) is 37.6 Å². The zero-order chi connectivity index (χ0) is 19.2. The first-order valence-corrected chi connectivity index (χ1v) is 9.51. The molecular formula is C18H20N4O4S. The van der Waals surface area contributed by atoms with E-state index in [1.54, 1.807) is 23.1 Å². The normalized spacial score (nSPS) is 14.1. The molecule has 2 amide bonds. The highest BCUT2D eigenvalue weighted by atomic mass is 32.1. The molecule has 1 fully saturated rings. The van der Waals surface area contributed by atoms with Crippen molar-refractivity contribution in [1.82, 2.24) is 10.2 Å². The number of carbonyl (C=O) groups is 2. The van der Waals surface area contributed by atoms with Crippen LogP contribution in [-0.2, 0) is 4.79 Å². The SMILES string of the molecule is O=C(NCCC(=O)N1CCN(c2ccc([N+](=O)[O-])cc2)CC1)c1cccs1. The van der Waals surface area contributed by atoms with Crippen molar-refractivity contribution >= 4 is 34.5 Å². The van der Waals surface area contributed by atoms with Crippen molar-refractivity contribution in [3.05, 3.63) is 56.8 Å². The lowest BCUT2D eigenvalue weighted by atomic mass is 10.2. The van der Waals surface area contributed by atoms with Crippen LogP contribution in [-0.4, -0.2) is 54.4 Å². The quantitative estimate of drug-likeness (QED) is 0.604. The summed E-state index contributed by atoms with van der Waals surface area (Å²) in [5.74, 6) is -0.134. The zero-order valence-corrected chi connectivity index (χ0v) is 15.5. The average molecular weight is 388 g/mol. The van der Waals surface area contributed by atoms with Crippen molar-refractivity contribution in [3.63, 3.8) is 0 Å². The first-order valence-electron chi connectivity index (χ1n) is 8.63. The van der Waals surface area contributed by atoms with Gasteiger partial charge in [-0.3, -0.25) is 19.7 Å². The van der Waals surface area contributed by atoms with E-state index in [9.17, 15) is 19.7 Å². The van der Waals surface area contributed by atoms with Crippen molar-refractivity contribution in [3.8, 4) is 0 Å². The van der Waals surface area contributed by atoms with Gasteiger partial charge >= 0.3 is 0 Å². The fourth-order valence-corrected chi connectivity index (χ4v) is 3.58. The Kier molecular flexibility index (Phi) is 6.02. The van der Waals surface area contributed by atoms with Crippen LogP contribution in [0.1, 0.15) is 16.1 Å². The second-order valence-electron chi connectivity index (χ2n) is 6.12. The van der Waals surface area contributed by atoms with E-state index in [1.165, 1.54) is 23.5 Å². The number of rotatable bonds is 6. The smallest absolute Gasteiger partial charge is 0.269 e. The number of nitrogens with zero attached hydrogens (tertiary/aromatic N) is 3. The minimum Gasteiger partial charge on any atom is -0.368 e. The second-order valence-corrected chi connectivity index (χ2v) is 7.07. The lowest BCUT2D eigenvalue weighted by Crippen LogP contribution is -2.49. The first-order chi connectivity index (χ1) is 13.0. The molecule has 0 spiro atoms. The molecule has 27 heavy (non-hydrogen) atoms. The molecule has 1 saturated heterocycles. The molecule has 8 nitrogen and oxygen atoms in total. The van der Waals surface area contributed by atoms with Crippen LogP contribution in [0.15, 0.2) is 41.8 Å². The molecule has 1 aromatic heterocycles. The maximum atomic E-state index is 12.3. The van der Waals surface area contributed by atoms with Gasteiger partial charge in [-0.1, -0.05) is 6.07 Å². The third-order valence-corrected chi connectivity index (χ3v) is 5.30. The van der Waals surface area contributed by atoms with Gasteiger partial charge in [0.1, 0.15) is 0 Å². The van der Waals surface area contributed by atoms with Gasteiger partial charge in [-0.15, -0.1) is 11.3 Å². The number of benzene rings is 1. The maximum Gasteiger partial charge on any atom is 0.269 e. The van der Waals surface area contributed by atoms with Crippen molar-refractivity contribution in [2.24, 2.45) is 0 Å². The number of non-ortho nitro benzene ring substituents is 1. The van der Waals surface area contributed by atoms with E-state index in [0.717, 1.165) is 5.69 Å². The number of nitrogens with one attached hydrogen (secondary N) is 1. The van der Waals surface area contributed by atoms with Crippen LogP contribution >= 0.6 is 11.3 Å². The molecule has 0 radical (unpaired) electrons. The molecule has 142 valence electrons. The van der Waals surface area contributed by atoms with Gasteiger partial charge in [-0.05, 0) is 23.6 Å². The Morgan fingerprint density at radius 3 is 2.41 bits per heavy atom. The van der Waals surface area contributed by atoms with E-state index in [1.807, 2.05) is 11.4 Å². The minimum atomic E-state index is -0.419. The summed E-state index contributed by atoms with van der Waals surface area (Å²) in [7, 11) is 0. The van der Waals surface area contributed by atoms with E-state index in [-0.39, 0.29) is 23.9 Å². The highest BCUT2D eigenvalue weighted by Gasteiger charge is 2.21. The second kappa shape index (κ2) is 8.63. The Bertz CT molecular complexity index is 799. The number of carbonyl (C=O) groups excluding carboxylic acids is 2. The summed E-state index contributed by atoms with van der Waals surface area (Å²) in [6.07, 6.45) is 0.272. The lowest BCUT2D eigenvalue weighted by molar-refractivity contribution is -0.384. The Morgan fingerprint density at radius 1 is 1.11 bits per heavy atom. The van der Waals surface area contributed by atoms with Gasteiger partial charge in [-0.2, -0.15) is 0 Å². The number of anilines is 1. The summed E-state index contributed by atoms with van der Waals surface area (Å²) >= 11 is 1.37. The Morgan fingerprint density at radius 2 is 1.81 bits per heavy atom. The third kappa shape index (κ3) is 4.82. The molecule has 1 N–H and O–H groups in total. The highest BCUT2D eigenvalue weighted by Crippen LogP contribution is 2.20. The molecule has 0 unspecified atom stereocenters. The average Bonchev–Trinajstić information content (AvgIpc) is 3.23. The largest absolute Gasteiger partial charge is 0.368 e. The topological polar surface area (TPSA) is 95.8 Å². The summed E-state index contributed by atoms with van der Waals surface area (Å²) in [6, 6.07) is 10.0. The number of nitro benzene ring substituents is 1. The van der Waals surface area contributed by atoms with Crippen LogP contribution < -0.4 is 10.2 Å². The zero-order valence-electron chi connectivity index (χ0n) is 14.7. The van der Waals surface area contributed by atoms with Gasteiger partial charge in [0.15, 0.2) is 0 Å². The standard InChI is InChI=1S/C18H20N4O4S/c23-17(7-8-19-18(24)16-2-1-13-27-16)21-11-9-20(10-12-21)14-3-5-15(6-4-14)22(25)26/h1-6,13H,7-12H2,(H,19,24). The van der Waals surface area contributed by atoms with E-state index in [4.69, 9.17) is 0 Å². The van der Waals surface area contributed by atoms with Crippen LogP contribution in [0.2, 0.25) is 0 Å². The maximum absolute atomic E-state index is 12.3. The van der Waals surface area contributed by atoms with Crippen molar-refractivity contribution in [2.45, 2.75) is 6.42 Å². The first kappa shape index (κ1) is 18.8. The fraction of sp³-hybridized carbons (Fsp3) is 0.333. The van der Waals surface area contributed by atoms with Crippen LogP contribution in [0.4, 0.5) is 11.4 Å². The Labute approximate surface area is 160 Å². The van der Waals surface area contributed by atoms with Crippen LogP contribution in [0.25, 0.3) is 0 Å². The number of hydrogen-bond acceptors (Lipinski definition) is 6. The van der Waals surface area contributed by atoms with Gasteiger partial charge in [-0.25, -0.2) is 0 Å². The minimum absolute atomic E-state index is 0.0184. The van der Waals surface area contributed by atoms with E-state index >= 15 is 0 Å². The number of hydrogen-bond donors (Lipinski definition) is 1. The van der Waals surface area contributed by atoms with Gasteiger partial charge < -0.3 is 15.1 Å². The van der Waals surface area contributed by atoms with Crippen LogP contribution in [0.3, 0.4) is 0 Å². The van der Waals surface area contributed by atoms with Gasteiger partial charge in [0.2, 0.25) is 5.91 Å². The molecule has 2 heterocycles. The molecule has 3 rings (SSSR count). The predicted molar refractivity (Wildman–Crippen MR) is 103 cm³/mol. The lowest BCUT2D eigenvalue weighted by Gasteiger charge is -2.36. The molecule has 1 aromatic carbocycles. The Hall–Kier alpha value is -2.94. The van der Waals surface area contributed by atoms with E-state index in [0.29, 0.717) is 37.6 Å². The highest BCUT2D eigenvalue weighted by molar-refractivity contribution is 7.12. The number of piperazine rings is 1. The third-order valence-electron chi connectivity index (χ3n) is 4.43. The van der Waals surface area contributed by atoms with Gasteiger partial charge in [0.25, 0.3) is 11.6 Å². The van der Waals surface area contributed by atoms with Crippen LogP contribution in [0, 0.1) is 10.1 Å². The summed E-state index contributed by atoms with van der Waals surface area (Å²) in [4.78, 5) is 39.0. The number of thiophene rings is 1. The molecule has 0 bridgehead atoms. The monoisotopic (exact) mass is 388 g/mol. The van der Waals surface area contributed by atoms with Gasteiger partial charge in [0, 0.05) is 57.0 Å². The fourth-order valence-electron chi connectivity index (χ4n) is 2.94. The molecule has 0 aliphatic carbocycles. The predicted octanol–water partition coefficient (Wildman–Crippen LogP) is 2.12. The van der Waals surface area contributed by atoms with E-state index in [2.05, 4.69) is 10.2 Å². The molecule has 0 atom stereocenters. The summed E-state index contributed by atoms with van der Waals surface area (Å²) in [5, 5.41) is 15.3. The Balaban J connectivity index is 1.42. The van der Waals surface area contributed by atoms with Crippen molar-refractivity contribution in [1.29, 1.82) is 0 Å². The molecule has 1 aliphatic heterocycles. The molecule has 1 aliphatic rings. The summed E-state index contributed by atoms with van der Waals surface area (Å²) in [5.41, 5.74) is 0.980. The summed E-state index contributed by atoms with van der Waals surface area (Å²) < 4.78 is 0. The molecule has 2 aromatic rings. The van der Waals surface area contributed by atoms with E-state index < -0.39 is 4.92 Å². The molecular weight excluding hydrogens is 368 g/mol. The number of nitro groups is 1. The molecule has 9 heteroatoms.